The average Bonchev–Trinajstić information content (AvgIpc) is 2.77. The molecule has 0 aliphatic carbocycles. The molecule has 23 heavy (non-hydrogen) atoms. The second-order valence-electron chi connectivity index (χ2n) is 5.48. The molecule has 0 fully saturated rings. The van der Waals surface area contributed by atoms with E-state index >= 15 is 0 Å². The highest BCUT2D eigenvalue weighted by atomic mass is 35.5. The van der Waals surface area contributed by atoms with Crippen molar-refractivity contribution in [2.75, 3.05) is 6.54 Å². The summed E-state index contributed by atoms with van der Waals surface area (Å²) in [7, 11) is 0. The molecule has 4 nitrogen and oxygen atoms in total. The van der Waals surface area contributed by atoms with Crippen LogP contribution >= 0.6 is 11.6 Å². The Balaban J connectivity index is 1.92. The van der Waals surface area contributed by atoms with E-state index in [0.29, 0.717) is 21.7 Å². The van der Waals surface area contributed by atoms with Gasteiger partial charge >= 0.3 is 0 Å². The van der Waals surface area contributed by atoms with Crippen molar-refractivity contribution in [3.8, 4) is 0 Å². The summed E-state index contributed by atoms with van der Waals surface area (Å²) in [5, 5.41) is 0.510. The van der Waals surface area contributed by atoms with E-state index in [9.17, 15) is 14.4 Å². The van der Waals surface area contributed by atoms with Crippen LogP contribution in [-0.4, -0.2) is 29.0 Å². The van der Waals surface area contributed by atoms with Crippen LogP contribution in [0.1, 0.15) is 39.1 Å². The van der Waals surface area contributed by atoms with Gasteiger partial charge < -0.3 is 0 Å². The first-order chi connectivity index (χ1) is 11.0. The van der Waals surface area contributed by atoms with E-state index in [1.54, 1.807) is 48.5 Å². The molecule has 2 aromatic carbocycles. The van der Waals surface area contributed by atoms with Gasteiger partial charge in [0.2, 0.25) is 0 Å². The van der Waals surface area contributed by atoms with Crippen molar-refractivity contribution in [1.82, 2.24) is 4.90 Å². The molecule has 1 heterocycles. The van der Waals surface area contributed by atoms with Gasteiger partial charge in [-0.2, -0.15) is 0 Å². The number of carbonyl (C=O) groups excluding carboxylic acids is 3. The number of Topliss-reactive ketones (excluding diaryl/α,β-unsaturated/α-hetero) is 1. The summed E-state index contributed by atoms with van der Waals surface area (Å²) < 4.78 is 0. The van der Waals surface area contributed by atoms with Crippen LogP contribution in [0, 0.1) is 0 Å². The lowest BCUT2D eigenvalue weighted by atomic mass is 9.95. The van der Waals surface area contributed by atoms with Crippen molar-refractivity contribution in [1.29, 1.82) is 0 Å². The lowest BCUT2D eigenvalue weighted by Crippen LogP contribution is -2.35. The Hall–Kier alpha value is -2.46. The first-order valence-corrected chi connectivity index (χ1v) is 7.58. The quantitative estimate of drug-likeness (QED) is 0.810. The molecule has 1 aliphatic rings. The maximum absolute atomic E-state index is 12.4. The first-order valence-electron chi connectivity index (χ1n) is 7.20. The molecule has 0 saturated heterocycles. The fraction of sp³-hybridized carbons (Fsp3) is 0.167. The van der Waals surface area contributed by atoms with Gasteiger partial charge in [-0.3, -0.25) is 19.3 Å². The normalized spacial score (nSPS) is 14.8. The van der Waals surface area contributed by atoms with Crippen molar-refractivity contribution < 1.29 is 14.4 Å². The van der Waals surface area contributed by atoms with Gasteiger partial charge in [-0.25, -0.2) is 0 Å². The standard InChI is InChI=1S/C18H14ClNO3/c1-11(21)16(12-5-4-6-13(19)9-12)10-20-17(22)14-7-2-3-8-15(14)18(20)23/h2-9,16H,10H2,1H3. The molecule has 0 radical (unpaired) electrons. The highest BCUT2D eigenvalue weighted by Crippen LogP contribution is 2.27. The summed E-state index contributed by atoms with van der Waals surface area (Å²) in [6, 6.07) is 13.6. The number of fused-ring (bicyclic) bond motifs is 1. The predicted octanol–water partition coefficient (Wildman–Crippen LogP) is 3.31. The fourth-order valence-corrected chi connectivity index (χ4v) is 2.98. The van der Waals surface area contributed by atoms with E-state index in [1.807, 2.05) is 0 Å². The summed E-state index contributed by atoms with van der Waals surface area (Å²) in [5.74, 6) is -1.43. The summed E-state index contributed by atoms with van der Waals surface area (Å²) >= 11 is 5.98. The van der Waals surface area contributed by atoms with Gasteiger partial charge in [0.1, 0.15) is 5.78 Å². The van der Waals surface area contributed by atoms with Crippen molar-refractivity contribution >= 4 is 29.2 Å². The minimum absolute atomic E-state index is 0.0159. The minimum Gasteiger partial charge on any atom is -0.299 e. The molecule has 0 saturated carbocycles. The molecular formula is C18H14ClNO3. The molecule has 5 heteroatoms. The number of halogens is 1. The molecule has 0 spiro atoms. The minimum atomic E-state index is -0.587. The van der Waals surface area contributed by atoms with Crippen LogP contribution in [0.15, 0.2) is 48.5 Å². The number of imide groups is 1. The third kappa shape index (κ3) is 2.78. The highest BCUT2D eigenvalue weighted by Gasteiger charge is 2.37. The third-order valence-electron chi connectivity index (χ3n) is 3.99. The van der Waals surface area contributed by atoms with Crippen molar-refractivity contribution in [2.45, 2.75) is 12.8 Å². The number of ketones is 1. The van der Waals surface area contributed by atoms with Crippen LogP contribution in [0.5, 0.6) is 0 Å². The van der Waals surface area contributed by atoms with Crippen LogP contribution in [0.3, 0.4) is 0 Å². The molecule has 116 valence electrons. The predicted molar refractivity (Wildman–Crippen MR) is 86.7 cm³/mol. The molecule has 1 atom stereocenters. The third-order valence-corrected chi connectivity index (χ3v) is 4.22. The van der Waals surface area contributed by atoms with Gasteiger partial charge in [0, 0.05) is 11.6 Å². The molecule has 0 N–H and O–H groups in total. The second-order valence-corrected chi connectivity index (χ2v) is 5.92. The molecular weight excluding hydrogens is 314 g/mol. The zero-order valence-electron chi connectivity index (χ0n) is 12.5. The summed E-state index contributed by atoms with van der Waals surface area (Å²) in [4.78, 5) is 38.0. The number of hydrogen-bond donors (Lipinski definition) is 0. The molecule has 1 aliphatic heterocycles. The van der Waals surface area contributed by atoms with Crippen LogP contribution < -0.4 is 0 Å². The topological polar surface area (TPSA) is 54.5 Å². The Kier molecular flexibility index (Phi) is 4.01. The van der Waals surface area contributed by atoms with Crippen molar-refractivity contribution in [3.05, 3.63) is 70.2 Å². The van der Waals surface area contributed by atoms with Crippen molar-refractivity contribution in [2.24, 2.45) is 0 Å². The van der Waals surface area contributed by atoms with E-state index in [2.05, 4.69) is 0 Å². The number of nitrogens with zero attached hydrogens (tertiary/aromatic N) is 1. The number of amides is 2. The van der Waals surface area contributed by atoms with Gasteiger partial charge in [-0.1, -0.05) is 35.9 Å². The maximum Gasteiger partial charge on any atom is 0.261 e. The van der Waals surface area contributed by atoms with Gasteiger partial charge in [-0.15, -0.1) is 0 Å². The zero-order valence-corrected chi connectivity index (χ0v) is 13.2. The Morgan fingerprint density at radius 1 is 1.04 bits per heavy atom. The summed E-state index contributed by atoms with van der Waals surface area (Å²) in [6.07, 6.45) is 0. The monoisotopic (exact) mass is 327 g/mol. The summed E-state index contributed by atoms with van der Waals surface area (Å²) in [6.45, 7) is 1.46. The SMILES string of the molecule is CC(=O)C(CN1C(=O)c2ccccc2C1=O)c1cccc(Cl)c1. The van der Waals surface area contributed by atoms with Gasteiger partial charge in [-0.05, 0) is 36.8 Å². The van der Waals surface area contributed by atoms with Gasteiger partial charge in [0.15, 0.2) is 0 Å². The zero-order chi connectivity index (χ0) is 16.6. The summed E-state index contributed by atoms with van der Waals surface area (Å²) in [5.41, 5.74) is 1.46. The number of benzene rings is 2. The van der Waals surface area contributed by atoms with Gasteiger partial charge in [0.25, 0.3) is 11.8 Å². The molecule has 0 bridgehead atoms. The van der Waals surface area contributed by atoms with Crippen LogP contribution in [0.4, 0.5) is 0 Å². The van der Waals surface area contributed by atoms with Crippen LogP contribution in [-0.2, 0) is 4.79 Å². The maximum atomic E-state index is 12.4. The van der Waals surface area contributed by atoms with E-state index in [4.69, 9.17) is 11.6 Å². The number of hydrogen-bond acceptors (Lipinski definition) is 3. The second kappa shape index (κ2) is 5.97. The Morgan fingerprint density at radius 2 is 1.65 bits per heavy atom. The first kappa shape index (κ1) is 15.4. The largest absolute Gasteiger partial charge is 0.299 e. The molecule has 1 unspecified atom stereocenters. The lowest BCUT2D eigenvalue weighted by Gasteiger charge is -2.21. The van der Waals surface area contributed by atoms with E-state index < -0.39 is 5.92 Å². The lowest BCUT2D eigenvalue weighted by molar-refractivity contribution is -0.118. The fourth-order valence-electron chi connectivity index (χ4n) is 2.78. The molecule has 2 amide bonds. The van der Waals surface area contributed by atoms with E-state index in [0.717, 1.165) is 4.90 Å². The average molecular weight is 328 g/mol. The molecule has 0 aromatic heterocycles. The highest BCUT2D eigenvalue weighted by molar-refractivity contribution is 6.30. The smallest absolute Gasteiger partial charge is 0.261 e. The molecule has 3 rings (SSSR count). The van der Waals surface area contributed by atoms with E-state index in [1.165, 1.54) is 6.92 Å². The van der Waals surface area contributed by atoms with Crippen LogP contribution in [0.25, 0.3) is 0 Å². The number of rotatable bonds is 4. The number of carbonyl (C=O) groups is 3. The van der Waals surface area contributed by atoms with Gasteiger partial charge in [0.05, 0.1) is 17.0 Å². The Labute approximate surface area is 138 Å². The van der Waals surface area contributed by atoms with Crippen molar-refractivity contribution in [3.63, 3.8) is 0 Å². The molecule has 2 aromatic rings. The Morgan fingerprint density at radius 3 is 2.17 bits per heavy atom. The van der Waals surface area contributed by atoms with Crippen LogP contribution in [0.2, 0.25) is 5.02 Å². The Bertz CT molecular complexity index is 780. The van der Waals surface area contributed by atoms with E-state index in [-0.39, 0.29) is 24.1 Å².